The number of benzene rings is 1. The second-order valence-corrected chi connectivity index (χ2v) is 6.82. The molecule has 2 aliphatic rings. The predicted molar refractivity (Wildman–Crippen MR) is 85.3 cm³/mol. The lowest BCUT2D eigenvalue weighted by Crippen LogP contribution is -2.38. The molecule has 2 aromatic rings. The molecule has 1 N–H and O–H groups in total. The maximum absolute atomic E-state index is 12.4. The normalized spacial score (nSPS) is 26.3. The third-order valence-electron chi connectivity index (χ3n) is 4.95. The molecule has 0 spiro atoms. The summed E-state index contributed by atoms with van der Waals surface area (Å²) in [5.41, 5.74) is 1.31. The van der Waals surface area contributed by atoms with Crippen molar-refractivity contribution in [3.63, 3.8) is 0 Å². The van der Waals surface area contributed by atoms with Gasteiger partial charge in [-0.2, -0.15) is 5.10 Å². The van der Waals surface area contributed by atoms with Crippen LogP contribution in [0.15, 0.2) is 36.5 Å². The van der Waals surface area contributed by atoms with E-state index < -0.39 is 0 Å². The Labute approximate surface area is 134 Å². The number of carbonyl (C=O) groups is 1. The molecule has 114 valence electrons. The average Bonchev–Trinajstić information content (AvgIpc) is 3.23. The van der Waals surface area contributed by atoms with Crippen molar-refractivity contribution in [3.8, 4) is 5.69 Å². The van der Waals surface area contributed by atoms with Crippen molar-refractivity contribution in [3.05, 3.63) is 47.2 Å². The Morgan fingerprint density at radius 3 is 2.91 bits per heavy atom. The first-order valence-electron chi connectivity index (χ1n) is 7.81. The molecule has 2 aliphatic carbocycles. The van der Waals surface area contributed by atoms with Crippen LogP contribution in [0, 0.1) is 11.8 Å². The summed E-state index contributed by atoms with van der Waals surface area (Å²) < 4.78 is 1.68. The van der Waals surface area contributed by atoms with Crippen LogP contribution in [0.2, 0.25) is 5.02 Å². The molecule has 2 fully saturated rings. The fourth-order valence-electron chi connectivity index (χ4n) is 3.87. The molecule has 0 aliphatic heterocycles. The number of nitrogens with one attached hydrogen (secondary N) is 1. The molecular formula is C17H18ClN3O. The largest absolute Gasteiger partial charge is 0.348 e. The number of amides is 1. The first-order valence-corrected chi connectivity index (χ1v) is 8.19. The van der Waals surface area contributed by atoms with Gasteiger partial charge in [0.05, 0.1) is 5.69 Å². The fraction of sp³-hybridized carbons (Fsp3) is 0.412. The SMILES string of the molecule is O=C(N[C@@H]1C[C@@H]2CC[C@H]1C2)c1ccn(-c2cccc(Cl)c2)n1. The number of hydrogen-bond acceptors (Lipinski definition) is 2. The smallest absolute Gasteiger partial charge is 0.272 e. The third kappa shape index (κ3) is 2.52. The van der Waals surface area contributed by atoms with Crippen LogP contribution < -0.4 is 5.32 Å². The lowest BCUT2D eigenvalue weighted by molar-refractivity contribution is 0.0917. The van der Waals surface area contributed by atoms with Gasteiger partial charge < -0.3 is 5.32 Å². The Morgan fingerprint density at radius 1 is 1.27 bits per heavy atom. The number of carbonyl (C=O) groups excluding carboxylic acids is 1. The lowest BCUT2D eigenvalue weighted by atomic mass is 9.95. The second-order valence-electron chi connectivity index (χ2n) is 6.38. The summed E-state index contributed by atoms with van der Waals surface area (Å²) in [6.45, 7) is 0. The Balaban J connectivity index is 1.48. The summed E-state index contributed by atoms with van der Waals surface area (Å²) in [5, 5.41) is 8.19. The monoisotopic (exact) mass is 315 g/mol. The average molecular weight is 316 g/mol. The molecule has 0 unspecified atom stereocenters. The van der Waals surface area contributed by atoms with E-state index in [9.17, 15) is 4.79 Å². The molecule has 0 radical (unpaired) electrons. The minimum absolute atomic E-state index is 0.0710. The maximum atomic E-state index is 12.4. The molecule has 2 saturated carbocycles. The Hall–Kier alpha value is -1.81. The number of fused-ring (bicyclic) bond motifs is 2. The van der Waals surface area contributed by atoms with Gasteiger partial charge in [-0.25, -0.2) is 4.68 Å². The zero-order valence-corrected chi connectivity index (χ0v) is 13.0. The highest BCUT2D eigenvalue weighted by atomic mass is 35.5. The van der Waals surface area contributed by atoms with Gasteiger partial charge >= 0.3 is 0 Å². The molecule has 1 aromatic heterocycles. The van der Waals surface area contributed by atoms with Gasteiger partial charge in [-0.05, 0) is 55.4 Å². The van der Waals surface area contributed by atoms with Crippen LogP contribution in [0.4, 0.5) is 0 Å². The van der Waals surface area contributed by atoms with Crippen LogP contribution >= 0.6 is 11.6 Å². The molecular weight excluding hydrogens is 298 g/mol. The first kappa shape index (κ1) is 13.8. The van der Waals surface area contributed by atoms with Crippen molar-refractivity contribution in [2.75, 3.05) is 0 Å². The first-order chi connectivity index (χ1) is 10.7. The molecule has 4 rings (SSSR count). The van der Waals surface area contributed by atoms with Crippen LogP contribution in [0.25, 0.3) is 5.69 Å². The number of aromatic nitrogens is 2. The van der Waals surface area contributed by atoms with E-state index in [1.54, 1.807) is 16.9 Å². The van der Waals surface area contributed by atoms with E-state index in [2.05, 4.69) is 10.4 Å². The van der Waals surface area contributed by atoms with Crippen LogP contribution in [-0.4, -0.2) is 21.7 Å². The molecule has 0 saturated heterocycles. The summed E-state index contributed by atoms with van der Waals surface area (Å²) in [5.74, 6) is 1.42. The van der Waals surface area contributed by atoms with Crippen LogP contribution in [0.5, 0.6) is 0 Å². The van der Waals surface area contributed by atoms with Gasteiger partial charge in [0.1, 0.15) is 0 Å². The molecule has 1 amide bonds. The fourth-order valence-corrected chi connectivity index (χ4v) is 4.06. The molecule has 5 heteroatoms. The third-order valence-corrected chi connectivity index (χ3v) is 5.18. The Morgan fingerprint density at radius 2 is 2.18 bits per heavy atom. The highest BCUT2D eigenvalue weighted by Crippen LogP contribution is 2.44. The van der Waals surface area contributed by atoms with E-state index in [0.717, 1.165) is 18.0 Å². The maximum Gasteiger partial charge on any atom is 0.272 e. The lowest BCUT2D eigenvalue weighted by Gasteiger charge is -2.22. The number of halogens is 1. The van der Waals surface area contributed by atoms with Crippen molar-refractivity contribution in [2.24, 2.45) is 11.8 Å². The summed E-state index contributed by atoms with van der Waals surface area (Å²) in [7, 11) is 0. The van der Waals surface area contributed by atoms with Gasteiger partial charge in [-0.3, -0.25) is 4.79 Å². The van der Waals surface area contributed by atoms with E-state index in [1.807, 2.05) is 24.3 Å². The Kier molecular flexibility index (Phi) is 3.41. The second kappa shape index (κ2) is 5.43. The number of rotatable bonds is 3. The zero-order valence-electron chi connectivity index (χ0n) is 12.2. The van der Waals surface area contributed by atoms with Gasteiger partial charge in [-0.15, -0.1) is 0 Å². The minimum Gasteiger partial charge on any atom is -0.348 e. The standard InChI is InChI=1S/C17H18ClN3O/c18-13-2-1-3-14(10-13)21-7-6-15(20-21)17(22)19-16-9-11-4-5-12(16)8-11/h1-3,6-7,10-12,16H,4-5,8-9H2,(H,19,22)/t11-,12+,16-/m1/s1. The van der Waals surface area contributed by atoms with Gasteiger partial charge in [0.2, 0.25) is 0 Å². The van der Waals surface area contributed by atoms with Crippen molar-refractivity contribution in [1.82, 2.24) is 15.1 Å². The summed E-state index contributed by atoms with van der Waals surface area (Å²) >= 11 is 5.99. The molecule has 2 bridgehead atoms. The molecule has 1 aromatic carbocycles. The molecule has 4 nitrogen and oxygen atoms in total. The summed E-state index contributed by atoms with van der Waals surface area (Å²) in [6, 6.07) is 9.51. The highest BCUT2D eigenvalue weighted by molar-refractivity contribution is 6.30. The van der Waals surface area contributed by atoms with Crippen LogP contribution in [0.3, 0.4) is 0 Å². The molecule has 1 heterocycles. The van der Waals surface area contributed by atoms with Gasteiger partial charge in [-0.1, -0.05) is 24.1 Å². The quantitative estimate of drug-likeness (QED) is 0.943. The van der Waals surface area contributed by atoms with E-state index in [-0.39, 0.29) is 5.91 Å². The van der Waals surface area contributed by atoms with E-state index in [1.165, 1.54) is 19.3 Å². The number of hydrogen-bond donors (Lipinski definition) is 1. The van der Waals surface area contributed by atoms with Crippen LogP contribution in [-0.2, 0) is 0 Å². The van der Waals surface area contributed by atoms with Crippen molar-refractivity contribution in [1.29, 1.82) is 0 Å². The van der Waals surface area contributed by atoms with Gasteiger partial charge in [0.15, 0.2) is 5.69 Å². The number of nitrogens with zero attached hydrogens (tertiary/aromatic N) is 2. The highest BCUT2D eigenvalue weighted by Gasteiger charge is 2.40. The van der Waals surface area contributed by atoms with Crippen LogP contribution in [0.1, 0.15) is 36.2 Å². The summed E-state index contributed by atoms with van der Waals surface area (Å²) in [4.78, 5) is 12.4. The Bertz CT molecular complexity index is 711. The summed E-state index contributed by atoms with van der Waals surface area (Å²) in [6.07, 6.45) is 6.79. The van der Waals surface area contributed by atoms with E-state index in [0.29, 0.717) is 22.7 Å². The molecule has 3 atom stereocenters. The van der Waals surface area contributed by atoms with E-state index >= 15 is 0 Å². The van der Waals surface area contributed by atoms with Gasteiger partial charge in [0.25, 0.3) is 5.91 Å². The topological polar surface area (TPSA) is 46.9 Å². The van der Waals surface area contributed by atoms with Gasteiger partial charge in [0, 0.05) is 17.3 Å². The minimum atomic E-state index is -0.0710. The molecule has 22 heavy (non-hydrogen) atoms. The van der Waals surface area contributed by atoms with E-state index in [4.69, 9.17) is 11.6 Å². The zero-order chi connectivity index (χ0) is 15.1. The van der Waals surface area contributed by atoms with Crippen molar-refractivity contribution >= 4 is 17.5 Å². The van der Waals surface area contributed by atoms with Crippen molar-refractivity contribution in [2.45, 2.75) is 31.7 Å². The predicted octanol–water partition coefficient (Wildman–Crippen LogP) is 3.44. The van der Waals surface area contributed by atoms with Crippen molar-refractivity contribution < 1.29 is 4.79 Å².